The number of hydrogen-bond acceptors (Lipinski definition) is 4. The van der Waals surface area contributed by atoms with Gasteiger partial charge in [-0.3, -0.25) is 9.47 Å². The van der Waals surface area contributed by atoms with Gasteiger partial charge < -0.3 is 4.74 Å². The Kier molecular flexibility index (Phi) is 6.15. The summed E-state index contributed by atoms with van der Waals surface area (Å²) < 4.78 is 10.9. The molecule has 0 atom stereocenters. The van der Waals surface area contributed by atoms with Gasteiger partial charge in [-0.25, -0.2) is 4.68 Å². The fourth-order valence-electron chi connectivity index (χ4n) is 3.70. The predicted molar refractivity (Wildman–Crippen MR) is 110 cm³/mol. The highest BCUT2D eigenvalue weighted by Crippen LogP contribution is 2.36. The Balaban J connectivity index is 1.50. The fraction of sp³-hybridized carbons (Fsp3) is 0.600. The molecule has 7 heteroatoms. The van der Waals surface area contributed by atoms with Crippen LogP contribution in [0.25, 0.3) is 0 Å². The third kappa shape index (κ3) is 4.73. The highest BCUT2D eigenvalue weighted by molar-refractivity contribution is 7.71. The van der Waals surface area contributed by atoms with Gasteiger partial charge in [0.15, 0.2) is 10.6 Å². The second-order valence-corrected chi connectivity index (χ2v) is 8.32. The molecule has 146 valence electrons. The number of aromatic nitrogens is 3. The lowest BCUT2D eigenvalue weighted by Gasteiger charge is -2.24. The van der Waals surface area contributed by atoms with E-state index in [9.17, 15) is 0 Å². The smallest absolute Gasteiger partial charge is 0.199 e. The summed E-state index contributed by atoms with van der Waals surface area (Å²) in [6.45, 7) is 3.42. The van der Waals surface area contributed by atoms with Gasteiger partial charge in [0.1, 0.15) is 12.4 Å². The summed E-state index contributed by atoms with van der Waals surface area (Å²) in [5.41, 5.74) is 0. The topological polar surface area (TPSA) is 35.2 Å². The van der Waals surface area contributed by atoms with Crippen LogP contribution in [0.15, 0.2) is 24.3 Å². The van der Waals surface area contributed by atoms with Crippen LogP contribution in [0.3, 0.4) is 0 Å². The first-order chi connectivity index (χ1) is 13.2. The first-order valence-electron chi connectivity index (χ1n) is 10.0. The van der Waals surface area contributed by atoms with Crippen molar-refractivity contribution in [3.63, 3.8) is 0 Å². The summed E-state index contributed by atoms with van der Waals surface area (Å²) in [5, 5.41) is 5.45. The monoisotopic (exact) mass is 406 g/mol. The predicted octanol–water partition coefficient (Wildman–Crippen LogP) is 5.20. The molecule has 1 aromatic heterocycles. The van der Waals surface area contributed by atoms with Crippen LogP contribution in [0.2, 0.25) is 5.02 Å². The molecule has 2 aliphatic rings. The van der Waals surface area contributed by atoms with E-state index in [1.54, 1.807) is 0 Å². The van der Waals surface area contributed by atoms with Crippen molar-refractivity contribution >= 4 is 23.8 Å². The average molecular weight is 407 g/mol. The van der Waals surface area contributed by atoms with Gasteiger partial charge in [-0.1, -0.05) is 43.0 Å². The molecule has 2 fully saturated rings. The molecule has 1 saturated heterocycles. The summed E-state index contributed by atoms with van der Waals surface area (Å²) in [4.78, 5) is 2.48. The summed E-state index contributed by atoms with van der Waals surface area (Å²) in [6.07, 6.45) is 8.89. The maximum atomic E-state index is 6.21. The van der Waals surface area contributed by atoms with Crippen LogP contribution >= 0.6 is 23.8 Å². The summed E-state index contributed by atoms with van der Waals surface area (Å²) in [6, 6.07) is 8.03. The Hall–Kier alpha value is -1.37. The van der Waals surface area contributed by atoms with Crippen molar-refractivity contribution in [1.29, 1.82) is 0 Å². The van der Waals surface area contributed by atoms with E-state index in [1.165, 1.54) is 44.9 Å². The first kappa shape index (κ1) is 19.0. The Morgan fingerprint density at radius 2 is 1.78 bits per heavy atom. The molecule has 2 heterocycles. The maximum Gasteiger partial charge on any atom is 0.199 e. The van der Waals surface area contributed by atoms with Crippen molar-refractivity contribution in [2.75, 3.05) is 13.1 Å². The summed E-state index contributed by atoms with van der Waals surface area (Å²) in [5.74, 6) is 1.58. The molecule has 27 heavy (non-hydrogen) atoms. The lowest BCUT2D eigenvalue weighted by Crippen LogP contribution is -2.30. The number of benzene rings is 1. The minimum absolute atomic E-state index is 0.386. The number of likely N-dealkylation sites (tertiary alicyclic amines) is 1. The molecule has 0 N–H and O–H groups in total. The zero-order valence-electron chi connectivity index (χ0n) is 15.6. The molecule has 1 aromatic carbocycles. The Labute approximate surface area is 170 Å². The van der Waals surface area contributed by atoms with Crippen molar-refractivity contribution in [2.45, 2.75) is 64.3 Å². The Morgan fingerprint density at radius 3 is 2.48 bits per heavy atom. The largest absolute Gasteiger partial charge is 0.484 e. The SMILES string of the molecule is S=c1n(CN2CCCCCCC2)nc(COc2ccccc2Cl)n1C1CC1. The van der Waals surface area contributed by atoms with E-state index in [0.717, 1.165) is 30.4 Å². The van der Waals surface area contributed by atoms with Crippen LogP contribution in [-0.4, -0.2) is 32.3 Å². The maximum absolute atomic E-state index is 6.21. The van der Waals surface area contributed by atoms with Gasteiger partial charge in [0.2, 0.25) is 0 Å². The van der Waals surface area contributed by atoms with Gasteiger partial charge in [-0.2, -0.15) is 5.10 Å². The highest BCUT2D eigenvalue weighted by Gasteiger charge is 2.29. The number of para-hydroxylation sites is 1. The van der Waals surface area contributed by atoms with Gasteiger partial charge in [-0.15, -0.1) is 0 Å². The van der Waals surface area contributed by atoms with Gasteiger partial charge in [0.05, 0.1) is 11.7 Å². The lowest BCUT2D eigenvalue weighted by molar-refractivity contribution is 0.186. The Bertz CT molecular complexity index is 822. The molecular formula is C20H27ClN4OS. The zero-order chi connectivity index (χ0) is 18.6. The number of halogens is 1. The standard InChI is InChI=1S/C20H27ClN4OS/c21-17-8-4-5-9-18(17)26-14-19-22-24(20(27)25(19)16-10-11-16)15-23-12-6-2-1-3-7-13-23/h4-5,8-9,16H,1-3,6-7,10-15H2. The zero-order valence-corrected chi connectivity index (χ0v) is 17.2. The van der Waals surface area contributed by atoms with E-state index in [-0.39, 0.29) is 0 Å². The fourth-order valence-corrected chi connectivity index (χ4v) is 4.25. The van der Waals surface area contributed by atoms with Crippen LogP contribution in [0.1, 0.15) is 56.8 Å². The van der Waals surface area contributed by atoms with Crippen LogP contribution < -0.4 is 4.74 Å². The van der Waals surface area contributed by atoms with Crippen molar-refractivity contribution in [1.82, 2.24) is 19.2 Å². The number of rotatable bonds is 6. The van der Waals surface area contributed by atoms with Gasteiger partial charge >= 0.3 is 0 Å². The molecule has 0 amide bonds. The number of nitrogens with zero attached hydrogens (tertiary/aromatic N) is 4. The molecule has 1 saturated carbocycles. The molecule has 4 rings (SSSR count). The Morgan fingerprint density at radius 1 is 1.07 bits per heavy atom. The molecule has 5 nitrogen and oxygen atoms in total. The second-order valence-electron chi connectivity index (χ2n) is 7.55. The van der Waals surface area contributed by atoms with Crippen molar-refractivity contribution in [3.8, 4) is 5.75 Å². The van der Waals surface area contributed by atoms with Gasteiger partial charge in [0, 0.05) is 6.04 Å². The molecule has 1 aliphatic heterocycles. The third-order valence-electron chi connectivity index (χ3n) is 5.33. The van der Waals surface area contributed by atoms with Crippen LogP contribution in [0, 0.1) is 4.77 Å². The van der Waals surface area contributed by atoms with Crippen molar-refractivity contribution in [3.05, 3.63) is 39.9 Å². The molecule has 0 bridgehead atoms. The second kappa shape index (κ2) is 8.76. The third-order valence-corrected chi connectivity index (χ3v) is 6.05. The van der Waals surface area contributed by atoms with Crippen LogP contribution in [0.5, 0.6) is 5.75 Å². The van der Waals surface area contributed by atoms with Gasteiger partial charge in [0.25, 0.3) is 0 Å². The van der Waals surface area contributed by atoms with Crippen LogP contribution in [-0.2, 0) is 13.3 Å². The summed E-state index contributed by atoms with van der Waals surface area (Å²) in [7, 11) is 0. The van der Waals surface area contributed by atoms with E-state index in [2.05, 4.69) is 9.47 Å². The number of hydrogen-bond donors (Lipinski definition) is 0. The molecule has 0 unspecified atom stereocenters. The van der Waals surface area contributed by atoms with E-state index < -0.39 is 0 Å². The minimum atomic E-state index is 0.386. The molecule has 2 aromatic rings. The van der Waals surface area contributed by atoms with Gasteiger partial charge in [-0.05, 0) is 63.1 Å². The van der Waals surface area contributed by atoms with E-state index in [4.69, 9.17) is 33.7 Å². The van der Waals surface area contributed by atoms with E-state index in [0.29, 0.717) is 23.4 Å². The highest BCUT2D eigenvalue weighted by atomic mass is 35.5. The quantitative estimate of drug-likeness (QED) is 0.617. The van der Waals surface area contributed by atoms with Crippen molar-refractivity contribution in [2.24, 2.45) is 0 Å². The minimum Gasteiger partial charge on any atom is -0.484 e. The van der Waals surface area contributed by atoms with Crippen molar-refractivity contribution < 1.29 is 4.74 Å². The average Bonchev–Trinajstić information content (AvgIpc) is 3.42. The summed E-state index contributed by atoms with van der Waals surface area (Å²) >= 11 is 12.0. The molecule has 0 spiro atoms. The van der Waals surface area contributed by atoms with Crippen LogP contribution in [0.4, 0.5) is 0 Å². The molecule has 1 aliphatic carbocycles. The lowest BCUT2D eigenvalue weighted by atomic mass is 10.1. The van der Waals surface area contributed by atoms with E-state index >= 15 is 0 Å². The molecular weight excluding hydrogens is 380 g/mol. The normalized spacial score (nSPS) is 18.9. The number of ether oxygens (including phenoxy) is 1. The van der Waals surface area contributed by atoms with E-state index in [1.807, 2.05) is 28.9 Å². The molecule has 0 radical (unpaired) electrons. The first-order valence-corrected chi connectivity index (χ1v) is 10.8.